The summed E-state index contributed by atoms with van der Waals surface area (Å²) in [5.41, 5.74) is 1.77. The molecule has 0 aliphatic rings. The molecule has 1 aromatic carbocycles. The summed E-state index contributed by atoms with van der Waals surface area (Å²) in [6.45, 7) is 2.21. The lowest BCUT2D eigenvalue weighted by Crippen LogP contribution is -2.32. The SMILES string of the molecule is CC(NC(=O)CCNC(=O)Cc1ccccc1)c1ccccn1. The van der Waals surface area contributed by atoms with Crippen molar-refractivity contribution in [1.29, 1.82) is 0 Å². The van der Waals surface area contributed by atoms with Gasteiger partial charge in [0, 0.05) is 19.2 Å². The van der Waals surface area contributed by atoms with Crippen molar-refractivity contribution in [3.8, 4) is 0 Å². The number of carbonyl (C=O) groups excluding carboxylic acids is 2. The van der Waals surface area contributed by atoms with Gasteiger partial charge in [-0.1, -0.05) is 36.4 Å². The van der Waals surface area contributed by atoms with E-state index in [2.05, 4.69) is 15.6 Å². The molecule has 0 fully saturated rings. The van der Waals surface area contributed by atoms with Crippen molar-refractivity contribution in [2.75, 3.05) is 6.54 Å². The van der Waals surface area contributed by atoms with Gasteiger partial charge in [0.15, 0.2) is 0 Å². The maximum atomic E-state index is 11.9. The molecule has 1 heterocycles. The number of amides is 2. The van der Waals surface area contributed by atoms with Gasteiger partial charge in [-0.15, -0.1) is 0 Å². The van der Waals surface area contributed by atoms with E-state index < -0.39 is 0 Å². The number of hydrogen-bond donors (Lipinski definition) is 2. The van der Waals surface area contributed by atoms with Crippen LogP contribution in [0.5, 0.6) is 0 Å². The van der Waals surface area contributed by atoms with E-state index in [4.69, 9.17) is 0 Å². The molecule has 0 aliphatic heterocycles. The summed E-state index contributed by atoms with van der Waals surface area (Å²) >= 11 is 0. The van der Waals surface area contributed by atoms with Gasteiger partial charge in [-0.3, -0.25) is 14.6 Å². The van der Waals surface area contributed by atoms with Crippen LogP contribution >= 0.6 is 0 Å². The first-order valence-electron chi connectivity index (χ1n) is 7.66. The second-order valence-corrected chi connectivity index (χ2v) is 5.31. The van der Waals surface area contributed by atoms with E-state index in [0.717, 1.165) is 11.3 Å². The maximum Gasteiger partial charge on any atom is 0.224 e. The van der Waals surface area contributed by atoms with Gasteiger partial charge in [0.25, 0.3) is 0 Å². The molecule has 0 spiro atoms. The third-order valence-electron chi connectivity index (χ3n) is 3.39. The van der Waals surface area contributed by atoms with Crippen LogP contribution in [-0.4, -0.2) is 23.3 Å². The van der Waals surface area contributed by atoms with Crippen LogP contribution in [0.25, 0.3) is 0 Å². The van der Waals surface area contributed by atoms with Crippen molar-refractivity contribution in [3.05, 3.63) is 66.0 Å². The highest BCUT2D eigenvalue weighted by Gasteiger charge is 2.10. The molecular weight excluding hydrogens is 290 g/mol. The molecule has 120 valence electrons. The Kier molecular flexibility index (Phi) is 6.29. The van der Waals surface area contributed by atoms with Gasteiger partial charge in [0.05, 0.1) is 18.2 Å². The summed E-state index contributed by atoms with van der Waals surface area (Å²) in [5, 5.41) is 5.63. The number of benzene rings is 1. The number of rotatable bonds is 7. The second-order valence-electron chi connectivity index (χ2n) is 5.31. The van der Waals surface area contributed by atoms with Crippen LogP contribution in [0, 0.1) is 0 Å². The first kappa shape index (κ1) is 16.7. The lowest BCUT2D eigenvalue weighted by molar-refractivity contribution is -0.122. The Labute approximate surface area is 136 Å². The van der Waals surface area contributed by atoms with Crippen LogP contribution < -0.4 is 10.6 Å². The Bertz CT molecular complexity index is 629. The third kappa shape index (κ3) is 5.90. The smallest absolute Gasteiger partial charge is 0.224 e. The highest BCUT2D eigenvalue weighted by atomic mass is 16.2. The molecule has 2 rings (SSSR count). The molecule has 1 unspecified atom stereocenters. The number of aromatic nitrogens is 1. The van der Waals surface area contributed by atoms with Crippen LogP contribution in [0.2, 0.25) is 0 Å². The Hall–Kier alpha value is -2.69. The molecule has 5 nitrogen and oxygen atoms in total. The van der Waals surface area contributed by atoms with Gasteiger partial charge in [-0.2, -0.15) is 0 Å². The number of carbonyl (C=O) groups is 2. The molecule has 2 amide bonds. The fraction of sp³-hybridized carbons (Fsp3) is 0.278. The maximum absolute atomic E-state index is 11.9. The molecule has 23 heavy (non-hydrogen) atoms. The lowest BCUT2D eigenvalue weighted by Gasteiger charge is -2.13. The van der Waals surface area contributed by atoms with Gasteiger partial charge in [0.2, 0.25) is 11.8 Å². The average molecular weight is 311 g/mol. The molecule has 0 radical (unpaired) electrons. The topological polar surface area (TPSA) is 71.1 Å². The van der Waals surface area contributed by atoms with Crippen LogP contribution in [0.15, 0.2) is 54.7 Å². The summed E-state index contributed by atoms with van der Waals surface area (Å²) in [4.78, 5) is 27.9. The molecule has 0 aliphatic carbocycles. The quantitative estimate of drug-likeness (QED) is 0.821. The summed E-state index contributed by atoms with van der Waals surface area (Å²) in [5.74, 6) is -0.190. The molecule has 1 atom stereocenters. The van der Waals surface area contributed by atoms with Crippen LogP contribution in [-0.2, 0) is 16.0 Å². The van der Waals surface area contributed by atoms with Crippen molar-refractivity contribution >= 4 is 11.8 Å². The summed E-state index contributed by atoms with van der Waals surface area (Å²) in [6, 6.07) is 14.9. The van der Waals surface area contributed by atoms with Crippen molar-refractivity contribution < 1.29 is 9.59 Å². The van der Waals surface area contributed by atoms with E-state index in [1.807, 2.05) is 55.5 Å². The van der Waals surface area contributed by atoms with E-state index in [1.54, 1.807) is 6.20 Å². The summed E-state index contributed by atoms with van der Waals surface area (Å²) < 4.78 is 0. The number of nitrogens with one attached hydrogen (secondary N) is 2. The molecule has 0 bridgehead atoms. The average Bonchev–Trinajstić information content (AvgIpc) is 2.56. The van der Waals surface area contributed by atoms with E-state index in [1.165, 1.54) is 0 Å². The van der Waals surface area contributed by atoms with Gasteiger partial charge >= 0.3 is 0 Å². The normalized spacial score (nSPS) is 11.5. The second kappa shape index (κ2) is 8.68. The van der Waals surface area contributed by atoms with E-state index in [9.17, 15) is 9.59 Å². The predicted molar refractivity (Wildman–Crippen MR) is 88.6 cm³/mol. The highest BCUT2D eigenvalue weighted by Crippen LogP contribution is 2.07. The Morgan fingerprint density at radius 1 is 1.04 bits per heavy atom. The van der Waals surface area contributed by atoms with Crippen molar-refractivity contribution in [1.82, 2.24) is 15.6 Å². The zero-order chi connectivity index (χ0) is 16.5. The van der Waals surface area contributed by atoms with Gasteiger partial charge in [-0.25, -0.2) is 0 Å². The molecule has 5 heteroatoms. The first-order chi connectivity index (χ1) is 11.1. The number of pyridine rings is 1. The fourth-order valence-corrected chi connectivity index (χ4v) is 2.18. The zero-order valence-corrected chi connectivity index (χ0v) is 13.2. The Balaban J connectivity index is 1.67. The number of hydrogen-bond acceptors (Lipinski definition) is 3. The molecule has 0 saturated carbocycles. The minimum Gasteiger partial charge on any atom is -0.355 e. The van der Waals surface area contributed by atoms with Gasteiger partial charge in [-0.05, 0) is 24.6 Å². The first-order valence-corrected chi connectivity index (χ1v) is 7.66. The summed E-state index contributed by atoms with van der Waals surface area (Å²) in [6.07, 6.45) is 2.27. The Morgan fingerprint density at radius 3 is 2.48 bits per heavy atom. The van der Waals surface area contributed by atoms with Crippen molar-refractivity contribution in [2.24, 2.45) is 0 Å². The zero-order valence-electron chi connectivity index (χ0n) is 13.2. The van der Waals surface area contributed by atoms with E-state index in [0.29, 0.717) is 13.0 Å². The third-order valence-corrected chi connectivity index (χ3v) is 3.39. The van der Waals surface area contributed by atoms with Gasteiger partial charge < -0.3 is 10.6 Å². The lowest BCUT2D eigenvalue weighted by atomic mass is 10.1. The van der Waals surface area contributed by atoms with Crippen molar-refractivity contribution in [3.63, 3.8) is 0 Å². The summed E-state index contributed by atoms with van der Waals surface area (Å²) in [7, 11) is 0. The van der Waals surface area contributed by atoms with E-state index in [-0.39, 0.29) is 24.3 Å². The largest absolute Gasteiger partial charge is 0.355 e. The Morgan fingerprint density at radius 2 is 1.78 bits per heavy atom. The van der Waals surface area contributed by atoms with Crippen LogP contribution in [0.3, 0.4) is 0 Å². The fourth-order valence-electron chi connectivity index (χ4n) is 2.18. The van der Waals surface area contributed by atoms with Gasteiger partial charge in [0.1, 0.15) is 0 Å². The van der Waals surface area contributed by atoms with Crippen LogP contribution in [0.4, 0.5) is 0 Å². The molecular formula is C18H21N3O2. The van der Waals surface area contributed by atoms with E-state index >= 15 is 0 Å². The molecule has 2 aromatic rings. The monoisotopic (exact) mass is 311 g/mol. The standard InChI is InChI=1S/C18H21N3O2/c1-14(16-9-5-6-11-19-16)21-17(22)10-12-20-18(23)13-15-7-3-2-4-8-15/h2-9,11,14H,10,12-13H2,1H3,(H,20,23)(H,21,22). The van der Waals surface area contributed by atoms with Crippen LogP contribution in [0.1, 0.15) is 30.6 Å². The molecule has 1 aromatic heterocycles. The minimum absolute atomic E-state index is 0.0817. The predicted octanol–water partition coefficient (Wildman–Crippen LogP) is 2.01. The highest BCUT2D eigenvalue weighted by molar-refractivity contribution is 5.80. The molecule has 2 N–H and O–H groups in total. The number of nitrogens with zero attached hydrogens (tertiary/aromatic N) is 1. The molecule has 0 saturated heterocycles. The minimum atomic E-state index is -0.149. The van der Waals surface area contributed by atoms with Crippen molar-refractivity contribution in [2.45, 2.75) is 25.8 Å².